The van der Waals surface area contributed by atoms with Crippen molar-refractivity contribution >= 4 is 34.9 Å². The van der Waals surface area contributed by atoms with E-state index in [1.165, 1.54) is 12.1 Å². The third-order valence-corrected chi connectivity index (χ3v) is 2.50. The van der Waals surface area contributed by atoms with Crippen LogP contribution in [0.1, 0.15) is 5.69 Å². The summed E-state index contributed by atoms with van der Waals surface area (Å²) in [5.74, 6) is 0. The van der Waals surface area contributed by atoms with Crippen LogP contribution < -0.4 is 10.7 Å². The number of nitrogens with one attached hydrogen (secondary N) is 3. The second kappa shape index (κ2) is 6.43. The van der Waals surface area contributed by atoms with Crippen LogP contribution in [0.3, 0.4) is 0 Å². The van der Waals surface area contributed by atoms with Gasteiger partial charge in [0.1, 0.15) is 0 Å². The first-order valence-corrected chi connectivity index (χ1v) is 6.04. The van der Waals surface area contributed by atoms with Crippen LogP contribution in [0, 0.1) is 10.1 Å². The molecule has 1 aromatic heterocycles. The van der Waals surface area contributed by atoms with Crippen molar-refractivity contribution in [1.82, 2.24) is 10.4 Å². The molecule has 1 heterocycles. The molecule has 2 rings (SSSR count). The molecule has 0 aliphatic heterocycles. The van der Waals surface area contributed by atoms with E-state index in [9.17, 15) is 10.1 Å². The summed E-state index contributed by atoms with van der Waals surface area (Å²) in [5.41, 5.74) is 3.96. The van der Waals surface area contributed by atoms with Gasteiger partial charge in [0, 0.05) is 24.0 Å². The fraction of sp³-hybridized carbons (Fsp3) is 0. The predicted molar refractivity (Wildman–Crippen MR) is 80.8 cm³/mol. The lowest BCUT2D eigenvalue weighted by atomic mass is 10.3. The van der Waals surface area contributed by atoms with Crippen LogP contribution in [0.4, 0.5) is 11.4 Å². The Bertz CT molecular complexity index is 639. The number of benzene rings is 1. The number of nitro groups is 1. The van der Waals surface area contributed by atoms with Gasteiger partial charge in [-0.2, -0.15) is 5.10 Å². The fourth-order valence-corrected chi connectivity index (χ4v) is 1.61. The number of nitro benzene ring substituents is 1. The van der Waals surface area contributed by atoms with Gasteiger partial charge in [0.25, 0.3) is 5.69 Å². The molecule has 102 valence electrons. The van der Waals surface area contributed by atoms with E-state index in [4.69, 9.17) is 12.2 Å². The number of hydrazone groups is 1. The highest BCUT2D eigenvalue weighted by atomic mass is 32.1. The number of aromatic amines is 1. The Labute approximate surface area is 119 Å². The summed E-state index contributed by atoms with van der Waals surface area (Å²) in [6.45, 7) is 0. The summed E-state index contributed by atoms with van der Waals surface area (Å²) < 4.78 is 0. The van der Waals surface area contributed by atoms with E-state index in [0.29, 0.717) is 5.69 Å². The number of nitrogens with zero attached hydrogens (tertiary/aromatic N) is 2. The molecule has 0 unspecified atom stereocenters. The molecular weight excluding hydrogens is 278 g/mol. The fourth-order valence-electron chi connectivity index (χ4n) is 1.44. The Hall–Kier alpha value is -2.74. The standard InChI is InChI=1S/C12H11N5O2S/c18-17(19)11-5-1-3-9(7-11)15-12(20)16-14-8-10-4-2-6-13-10/h1-8,13H,(H2,15,16,20). The second-order valence-corrected chi connectivity index (χ2v) is 4.17. The zero-order valence-electron chi connectivity index (χ0n) is 10.2. The number of H-pyrrole nitrogens is 1. The van der Waals surface area contributed by atoms with Crippen LogP contribution in [0.2, 0.25) is 0 Å². The number of rotatable bonds is 4. The predicted octanol–water partition coefficient (Wildman–Crippen LogP) is 2.24. The van der Waals surface area contributed by atoms with Crippen molar-refractivity contribution in [2.45, 2.75) is 0 Å². The Balaban J connectivity index is 1.91. The second-order valence-electron chi connectivity index (χ2n) is 3.76. The topological polar surface area (TPSA) is 95.3 Å². The summed E-state index contributed by atoms with van der Waals surface area (Å²) in [7, 11) is 0. The van der Waals surface area contributed by atoms with Crippen molar-refractivity contribution in [2.24, 2.45) is 5.10 Å². The monoisotopic (exact) mass is 289 g/mol. The number of hydrogen-bond donors (Lipinski definition) is 3. The summed E-state index contributed by atoms with van der Waals surface area (Å²) in [6, 6.07) is 9.75. The molecule has 0 aliphatic carbocycles. The molecule has 3 N–H and O–H groups in total. The molecule has 0 spiro atoms. The van der Waals surface area contributed by atoms with Crippen LogP contribution in [-0.4, -0.2) is 21.2 Å². The van der Waals surface area contributed by atoms with Gasteiger partial charge in [-0.15, -0.1) is 0 Å². The molecule has 20 heavy (non-hydrogen) atoms. The maximum atomic E-state index is 10.6. The Kier molecular flexibility index (Phi) is 4.40. The summed E-state index contributed by atoms with van der Waals surface area (Å²) >= 11 is 5.02. The molecule has 0 amide bonds. The molecule has 0 bridgehead atoms. The van der Waals surface area contributed by atoms with E-state index < -0.39 is 4.92 Å². The first kappa shape index (κ1) is 13.7. The minimum atomic E-state index is -0.467. The van der Waals surface area contributed by atoms with Crippen molar-refractivity contribution in [2.75, 3.05) is 5.32 Å². The Morgan fingerprint density at radius 2 is 2.25 bits per heavy atom. The van der Waals surface area contributed by atoms with E-state index in [1.807, 2.05) is 12.1 Å². The first-order chi connectivity index (χ1) is 9.65. The smallest absolute Gasteiger partial charge is 0.271 e. The lowest BCUT2D eigenvalue weighted by molar-refractivity contribution is -0.384. The van der Waals surface area contributed by atoms with Crippen molar-refractivity contribution in [3.63, 3.8) is 0 Å². The van der Waals surface area contributed by atoms with Gasteiger partial charge in [-0.1, -0.05) is 6.07 Å². The third kappa shape index (κ3) is 3.89. The highest BCUT2D eigenvalue weighted by Crippen LogP contribution is 2.16. The Morgan fingerprint density at radius 3 is 2.95 bits per heavy atom. The van der Waals surface area contributed by atoms with E-state index in [2.05, 4.69) is 20.8 Å². The van der Waals surface area contributed by atoms with Gasteiger partial charge < -0.3 is 10.3 Å². The first-order valence-electron chi connectivity index (χ1n) is 5.63. The van der Waals surface area contributed by atoms with E-state index in [1.54, 1.807) is 24.5 Å². The van der Waals surface area contributed by atoms with Gasteiger partial charge in [0.2, 0.25) is 0 Å². The van der Waals surface area contributed by atoms with Crippen LogP contribution in [0.25, 0.3) is 0 Å². The molecule has 8 heteroatoms. The number of aromatic nitrogens is 1. The molecule has 2 aromatic rings. The minimum Gasteiger partial charge on any atom is -0.360 e. The van der Waals surface area contributed by atoms with Crippen molar-refractivity contribution in [1.29, 1.82) is 0 Å². The number of thiocarbonyl (C=S) groups is 1. The van der Waals surface area contributed by atoms with Crippen LogP contribution in [0.5, 0.6) is 0 Å². The quantitative estimate of drug-likeness (QED) is 0.347. The van der Waals surface area contributed by atoms with Gasteiger partial charge in [0.15, 0.2) is 5.11 Å². The van der Waals surface area contributed by atoms with Gasteiger partial charge in [-0.3, -0.25) is 15.5 Å². The summed E-state index contributed by atoms with van der Waals surface area (Å²) in [5, 5.41) is 17.6. The molecule has 0 saturated carbocycles. The molecular formula is C12H11N5O2S. The lowest BCUT2D eigenvalue weighted by Gasteiger charge is -2.06. The van der Waals surface area contributed by atoms with E-state index in [-0.39, 0.29) is 10.8 Å². The van der Waals surface area contributed by atoms with Gasteiger partial charge >= 0.3 is 0 Å². The van der Waals surface area contributed by atoms with Crippen LogP contribution in [0.15, 0.2) is 47.7 Å². The van der Waals surface area contributed by atoms with Crippen LogP contribution in [-0.2, 0) is 0 Å². The average Bonchev–Trinajstić information content (AvgIpc) is 2.92. The molecule has 0 radical (unpaired) electrons. The molecule has 0 aliphatic rings. The van der Waals surface area contributed by atoms with E-state index in [0.717, 1.165) is 5.69 Å². The van der Waals surface area contributed by atoms with Crippen LogP contribution >= 0.6 is 12.2 Å². The van der Waals surface area contributed by atoms with E-state index >= 15 is 0 Å². The molecule has 7 nitrogen and oxygen atoms in total. The van der Waals surface area contributed by atoms with Gasteiger partial charge in [-0.05, 0) is 30.4 Å². The molecule has 0 fully saturated rings. The molecule has 1 aromatic carbocycles. The van der Waals surface area contributed by atoms with Gasteiger partial charge in [0.05, 0.1) is 16.8 Å². The Morgan fingerprint density at radius 1 is 1.40 bits per heavy atom. The maximum Gasteiger partial charge on any atom is 0.271 e. The highest BCUT2D eigenvalue weighted by molar-refractivity contribution is 7.80. The number of non-ortho nitro benzene ring substituents is 1. The maximum absolute atomic E-state index is 10.6. The van der Waals surface area contributed by atoms with Crippen molar-refractivity contribution in [3.8, 4) is 0 Å². The van der Waals surface area contributed by atoms with Gasteiger partial charge in [-0.25, -0.2) is 0 Å². The summed E-state index contributed by atoms with van der Waals surface area (Å²) in [4.78, 5) is 13.1. The zero-order valence-corrected chi connectivity index (χ0v) is 11.1. The number of hydrogen-bond acceptors (Lipinski definition) is 4. The largest absolute Gasteiger partial charge is 0.360 e. The van der Waals surface area contributed by atoms with Crippen molar-refractivity contribution < 1.29 is 4.92 Å². The summed E-state index contributed by atoms with van der Waals surface area (Å²) in [6.07, 6.45) is 3.35. The number of anilines is 1. The normalized spacial score (nSPS) is 10.4. The molecule has 0 saturated heterocycles. The SMILES string of the molecule is O=[N+]([O-])c1cccc(NC(=S)NN=Cc2ccc[nH]2)c1. The molecule has 0 atom stereocenters. The lowest BCUT2D eigenvalue weighted by Crippen LogP contribution is -2.23. The zero-order chi connectivity index (χ0) is 14.4. The minimum absolute atomic E-state index is 0.00677. The highest BCUT2D eigenvalue weighted by Gasteiger charge is 2.05. The van der Waals surface area contributed by atoms with Crippen molar-refractivity contribution in [3.05, 3.63) is 58.4 Å². The average molecular weight is 289 g/mol. The third-order valence-electron chi connectivity index (χ3n) is 2.31.